The molecular weight excluding hydrogens is 446 g/mol. The van der Waals surface area contributed by atoms with Crippen LogP contribution in [0.1, 0.15) is 0 Å². The van der Waals surface area contributed by atoms with E-state index in [9.17, 15) is 14.4 Å². The molecule has 2 unspecified atom stereocenters. The average molecular weight is 460 g/mol. The topological polar surface area (TPSA) is 134 Å². The molecule has 1 saturated heterocycles. The predicted molar refractivity (Wildman–Crippen MR) is 105 cm³/mol. The molecule has 1 fully saturated rings. The second-order valence-corrected chi connectivity index (χ2v) is 9.08. The molecule has 0 aromatic carbocycles. The van der Waals surface area contributed by atoms with E-state index in [1.807, 2.05) is 6.07 Å². The summed E-state index contributed by atoms with van der Waals surface area (Å²) in [5, 5.41) is 21.9. The number of β-lactam (4-membered cyclic amide) rings is 1. The normalized spacial score (nSPS) is 21.0. The number of tetrazole rings is 1. The van der Waals surface area contributed by atoms with Crippen molar-refractivity contribution in [2.45, 2.75) is 16.6 Å². The van der Waals surface area contributed by atoms with Gasteiger partial charge in [-0.15, -0.1) is 28.6 Å². The number of aromatic nitrogens is 4. The number of carbonyl (C=O) groups is 3. The number of nitrogens with zero attached hydrogens (tertiary/aromatic N) is 6. The van der Waals surface area contributed by atoms with Gasteiger partial charge in [-0.3, -0.25) is 19.3 Å². The van der Waals surface area contributed by atoms with Crippen molar-refractivity contribution in [2.75, 3.05) is 23.0 Å². The van der Waals surface area contributed by atoms with Crippen LogP contribution in [0.4, 0.5) is 0 Å². The van der Waals surface area contributed by atoms with Crippen LogP contribution in [-0.4, -0.2) is 76.6 Å². The summed E-state index contributed by atoms with van der Waals surface area (Å²) in [4.78, 5) is 37.8. The Morgan fingerprint density at radius 2 is 2.29 bits per heavy atom. The first-order valence-corrected chi connectivity index (χ1v) is 11.5. The Hall–Kier alpha value is -1.75. The number of hydrogen-bond acceptors (Lipinski definition) is 10. The van der Waals surface area contributed by atoms with Gasteiger partial charge in [-0.1, -0.05) is 11.8 Å². The molecule has 0 radical (unpaired) electrons. The van der Waals surface area contributed by atoms with Crippen LogP contribution in [0, 0.1) is 11.3 Å². The van der Waals surface area contributed by atoms with Gasteiger partial charge < -0.3 is 5.32 Å². The summed E-state index contributed by atoms with van der Waals surface area (Å²) in [7, 11) is 1.71. The van der Waals surface area contributed by atoms with E-state index in [1.165, 1.54) is 44.9 Å². The summed E-state index contributed by atoms with van der Waals surface area (Å²) in [5.74, 6) is 0.509. The zero-order chi connectivity index (χ0) is 20.3. The van der Waals surface area contributed by atoms with Crippen LogP contribution >= 0.6 is 46.9 Å². The number of allylic oxidation sites excluding steroid dienone is 1. The Balaban J connectivity index is 1.67. The highest BCUT2D eigenvalue weighted by molar-refractivity contribution is 8.01. The van der Waals surface area contributed by atoms with Gasteiger partial charge in [0.1, 0.15) is 17.1 Å². The van der Waals surface area contributed by atoms with Crippen LogP contribution in [-0.2, 0) is 21.4 Å². The van der Waals surface area contributed by atoms with Crippen LogP contribution in [0.25, 0.3) is 0 Å². The third-order valence-electron chi connectivity index (χ3n) is 3.91. The number of nitriles is 1. The standard InChI is InChI=1S/C14H14ClN7O3S3/c1-21-14(18-19-20-21)28-5-7-4-27-13-9(17-8(23)6-26-3-2-16)12(25)22(13)10(7)11(15)24/h9,13H,3-6H2,1H3,(H,17,23). The summed E-state index contributed by atoms with van der Waals surface area (Å²) < 4.78 is 1.51. The second-order valence-electron chi connectivity index (χ2n) is 5.71. The molecule has 2 aliphatic heterocycles. The minimum absolute atomic E-state index is 0.0967. The molecule has 0 spiro atoms. The molecular formula is C14H14ClN7O3S3. The van der Waals surface area contributed by atoms with Crippen molar-refractivity contribution in [3.63, 3.8) is 0 Å². The van der Waals surface area contributed by atoms with Gasteiger partial charge in [0.15, 0.2) is 0 Å². The zero-order valence-electron chi connectivity index (χ0n) is 14.5. The van der Waals surface area contributed by atoms with Crippen LogP contribution in [0.2, 0.25) is 0 Å². The van der Waals surface area contributed by atoms with Crippen molar-refractivity contribution in [2.24, 2.45) is 7.05 Å². The van der Waals surface area contributed by atoms with E-state index in [4.69, 9.17) is 16.9 Å². The molecule has 14 heteroatoms. The molecule has 3 rings (SSSR count). The van der Waals surface area contributed by atoms with E-state index in [1.54, 1.807) is 7.05 Å². The first kappa shape index (κ1) is 21.0. The lowest BCUT2D eigenvalue weighted by molar-refractivity contribution is -0.146. The molecule has 2 amide bonds. The molecule has 1 aromatic rings. The van der Waals surface area contributed by atoms with E-state index in [0.717, 1.165) is 5.57 Å². The van der Waals surface area contributed by atoms with Crippen molar-refractivity contribution in [1.29, 1.82) is 5.26 Å². The number of thioether (sulfide) groups is 3. The number of nitrogens with one attached hydrogen (secondary N) is 1. The summed E-state index contributed by atoms with van der Waals surface area (Å²) in [6.07, 6.45) is 0. The maximum atomic E-state index is 12.6. The van der Waals surface area contributed by atoms with E-state index in [0.29, 0.717) is 16.7 Å². The van der Waals surface area contributed by atoms with E-state index < -0.39 is 11.3 Å². The lowest BCUT2D eigenvalue weighted by Crippen LogP contribution is -2.70. The van der Waals surface area contributed by atoms with Gasteiger partial charge in [0, 0.05) is 18.6 Å². The van der Waals surface area contributed by atoms with Gasteiger partial charge in [-0.25, -0.2) is 4.68 Å². The zero-order valence-corrected chi connectivity index (χ0v) is 17.7. The molecule has 148 valence electrons. The number of aryl methyl sites for hydroxylation is 1. The molecule has 1 aromatic heterocycles. The average Bonchev–Trinajstić information content (AvgIpc) is 3.08. The van der Waals surface area contributed by atoms with Crippen LogP contribution in [0.3, 0.4) is 0 Å². The number of hydrogen-bond donors (Lipinski definition) is 1. The van der Waals surface area contributed by atoms with Crippen molar-refractivity contribution >= 4 is 63.9 Å². The van der Waals surface area contributed by atoms with Crippen LogP contribution in [0.15, 0.2) is 16.4 Å². The SMILES string of the molecule is Cn1nnnc1SCC1=C(C(=O)Cl)N2C(=O)C(NC(=O)CSCC#N)C2SC1. The first-order chi connectivity index (χ1) is 13.4. The van der Waals surface area contributed by atoms with Gasteiger partial charge in [0.05, 0.1) is 17.6 Å². The summed E-state index contributed by atoms with van der Waals surface area (Å²) in [6.45, 7) is 0. The highest BCUT2D eigenvalue weighted by Gasteiger charge is 2.53. The van der Waals surface area contributed by atoms with Gasteiger partial charge in [0.25, 0.3) is 11.1 Å². The lowest BCUT2D eigenvalue weighted by atomic mass is 10.0. The van der Waals surface area contributed by atoms with Gasteiger partial charge in [-0.05, 0) is 27.6 Å². The fourth-order valence-electron chi connectivity index (χ4n) is 2.67. The number of carbonyl (C=O) groups excluding carboxylic acids is 3. The Bertz CT molecular complexity index is 884. The molecule has 2 aliphatic rings. The first-order valence-electron chi connectivity index (χ1n) is 7.89. The third-order valence-corrected chi connectivity index (χ3v) is 7.32. The van der Waals surface area contributed by atoms with Crippen molar-refractivity contribution in [3.8, 4) is 6.07 Å². The summed E-state index contributed by atoms with van der Waals surface area (Å²) >= 11 is 9.73. The van der Waals surface area contributed by atoms with Crippen LogP contribution in [0.5, 0.6) is 0 Å². The van der Waals surface area contributed by atoms with E-state index in [2.05, 4.69) is 20.8 Å². The number of rotatable bonds is 8. The number of amides is 2. The molecule has 10 nitrogen and oxygen atoms in total. The Kier molecular flexibility index (Phi) is 6.86. The second kappa shape index (κ2) is 9.17. The highest BCUT2D eigenvalue weighted by atomic mass is 35.5. The summed E-state index contributed by atoms with van der Waals surface area (Å²) in [5.41, 5.74) is 0.888. The maximum Gasteiger partial charge on any atom is 0.269 e. The highest BCUT2D eigenvalue weighted by Crippen LogP contribution is 2.42. The lowest BCUT2D eigenvalue weighted by Gasteiger charge is -2.49. The molecule has 2 atom stereocenters. The molecule has 0 bridgehead atoms. The minimum atomic E-state index is -0.709. The van der Waals surface area contributed by atoms with Gasteiger partial charge in [-0.2, -0.15) is 5.26 Å². The fraction of sp³-hybridized carbons (Fsp3) is 0.500. The Morgan fingerprint density at radius 1 is 1.50 bits per heavy atom. The molecule has 0 saturated carbocycles. The Labute approximate surface area is 177 Å². The fourth-order valence-corrected chi connectivity index (χ4v) is 5.70. The van der Waals surface area contributed by atoms with Crippen LogP contribution < -0.4 is 5.32 Å². The maximum absolute atomic E-state index is 12.6. The quantitative estimate of drug-likeness (QED) is 0.244. The molecule has 1 N–H and O–H groups in total. The predicted octanol–water partition coefficient (Wildman–Crippen LogP) is -0.0216. The summed E-state index contributed by atoms with van der Waals surface area (Å²) in [6, 6.07) is 1.23. The Morgan fingerprint density at radius 3 is 2.93 bits per heavy atom. The molecule has 0 aliphatic carbocycles. The van der Waals surface area contributed by atoms with Crippen molar-refractivity contribution in [3.05, 3.63) is 11.3 Å². The molecule has 3 heterocycles. The smallest absolute Gasteiger partial charge is 0.269 e. The van der Waals surface area contributed by atoms with E-state index >= 15 is 0 Å². The third kappa shape index (κ3) is 4.29. The molecule has 28 heavy (non-hydrogen) atoms. The van der Waals surface area contributed by atoms with Crippen molar-refractivity contribution < 1.29 is 14.4 Å². The van der Waals surface area contributed by atoms with E-state index in [-0.39, 0.29) is 34.4 Å². The minimum Gasteiger partial charge on any atom is -0.341 e. The number of fused-ring (bicyclic) bond motifs is 1. The number of halogens is 1. The largest absolute Gasteiger partial charge is 0.341 e. The van der Waals surface area contributed by atoms with Gasteiger partial charge >= 0.3 is 0 Å². The van der Waals surface area contributed by atoms with Gasteiger partial charge in [0.2, 0.25) is 11.1 Å². The van der Waals surface area contributed by atoms with Crippen molar-refractivity contribution in [1.82, 2.24) is 30.4 Å². The monoisotopic (exact) mass is 459 g/mol.